The molecule has 0 saturated carbocycles. The summed E-state index contributed by atoms with van der Waals surface area (Å²) in [7, 11) is 0. The lowest BCUT2D eigenvalue weighted by atomic mass is 9.80. The number of rotatable bonds is 7. The topological polar surface area (TPSA) is 17.1 Å². The zero-order chi connectivity index (χ0) is 19.3. The van der Waals surface area contributed by atoms with Crippen LogP contribution in [0.15, 0.2) is 48.5 Å². The van der Waals surface area contributed by atoms with Gasteiger partial charge in [0.25, 0.3) is 0 Å². The van der Waals surface area contributed by atoms with E-state index in [-0.39, 0.29) is 17.6 Å². The number of Topliss-reactive ketones (excluding diaryl/α,β-unsaturated/α-hetero) is 1. The van der Waals surface area contributed by atoms with Crippen LogP contribution in [-0.4, -0.2) is 5.78 Å². The van der Waals surface area contributed by atoms with Gasteiger partial charge < -0.3 is 0 Å². The van der Waals surface area contributed by atoms with Crippen molar-refractivity contribution in [2.45, 2.75) is 52.1 Å². The van der Waals surface area contributed by atoms with E-state index >= 15 is 0 Å². The van der Waals surface area contributed by atoms with Gasteiger partial charge in [-0.15, -0.1) is 0 Å². The van der Waals surface area contributed by atoms with E-state index in [0.29, 0.717) is 6.42 Å². The Morgan fingerprint density at radius 1 is 1.00 bits per heavy atom. The summed E-state index contributed by atoms with van der Waals surface area (Å²) in [6.45, 7) is 5.72. The summed E-state index contributed by atoms with van der Waals surface area (Å²) in [5.41, 5.74) is 2.48. The highest BCUT2D eigenvalue weighted by Gasteiger charge is 2.31. The van der Waals surface area contributed by atoms with Crippen molar-refractivity contribution in [3.05, 3.63) is 70.8 Å². The van der Waals surface area contributed by atoms with E-state index in [1.165, 1.54) is 23.3 Å². The lowest BCUT2D eigenvalue weighted by molar-refractivity contribution is -0.137. The number of carbonyl (C=O) groups is 1. The van der Waals surface area contributed by atoms with Crippen molar-refractivity contribution in [2.75, 3.05) is 0 Å². The van der Waals surface area contributed by atoms with Crippen molar-refractivity contribution < 1.29 is 18.0 Å². The number of ketones is 1. The summed E-state index contributed by atoms with van der Waals surface area (Å²) >= 11 is 0. The van der Waals surface area contributed by atoms with Gasteiger partial charge in [0.05, 0.1) is 5.56 Å². The molecule has 0 amide bonds. The standard InChI is InChI=1S/C22H25F3O/c1-4-21(26)16(3)20(14-9-17-7-5-15(2)6-8-17)18-10-12-19(13-11-18)22(23,24)25/h5-8,10-13,16,20H,4,9,14H2,1-3H3/t16?,20-/m0/s1. The van der Waals surface area contributed by atoms with Crippen LogP contribution in [-0.2, 0) is 17.4 Å². The summed E-state index contributed by atoms with van der Waals surface area (Å²) in [4.78, 5) is 12.2. The number of alkyl halides is 3. The average Bonchev–Trinajstić information content (AvgIpc) is 2.62. The van der Waals surface area contributed by atoms with Crippen molar-refractivity contribution in [1.29, 1.82) is 0 Å². The van der Waals surface area contributed by atoms with Crippen LogP contribution < -0.4 is 0 Å². The van der Waals surface area contributed by atoms with Gasteiger partial charge in [0.2, 0.25) is 0 Å². The van der Waals surface area contributed by atoms with E-state index in [2.05, 4.69) is 12.1 Å². The fraction of sp³-hybridized carbons (Fsp3) is 0.409. The molecule has 2 aromatic rings. The van der Waals surface area contributed by atoms with Crippen LogP contribution in [0, 0.1) is 12.8 Å². The molecule has 0 aliphatic heterocycles. The maximum atomic E-state index is 12.8. The maximum absolute atomic E-state index is 12.8. The second-order valence-electron chi connectivity index (χ2n) is 6.86. The normalized spacial score (nSPS) is 14.1. The first-order valence-electron chi connectivity index (χ1n) is 8.97. The van der Waals surface area contributed by atoms with Gasteiger partial charge in [0, 0.05) is 12.3 Å². The summed E-state index contributed by atoms with van der Waals surface area (Å²) in [6, 6.07) is 13.5. The highest BCUT2D eigenvalue weighted by Crippen LogP contribution is 2.34. The predicted molar refractivity (Wildman–Crippen MR) is 98.1 cm³/mol. The molecule has 0 fully saturated rings. The number of carbonyl (C=O) groups excluding carboxylic acids is 1. The molecule has 140 valence electrons. The van der Waals surface area contributed by atoms with E-state index in [9.17, 15) is 18.0 Å². The summed E-state index contributed by atoms with van der Waals surface area (Å²) in [6.07, 6.45) is -2.40. The van der Waals surface area contributed by atoms with Crippen LogP contribution in [0.2, 0.25) is 0 Å². The van der Waals surface area contributed by atoms with Crippen LogP contribution in [0.25, 0.3) is 0 Å². The highest BCUT2D eigenvalue weighted by molar-refractivity contribution is 5.81. The molecule has 0 spiro atoms. The quantitative estimate of drug-likeness (QED) is 0.561. The van der Waals surface area contributed by atoms with Crippen LogP contribution in [0.4, 0.5) is 13.2 Å². The molecule has 1 unspecified atom stereocenters. The van der Waals surface area contributed by atoms with Crippen molar-refractivity contribution in [1.82, 2.24) is 0 Å². The third-order valence-electron chi connectivity index (χ3n) is 4.99. The summed E-state index contributed by atoms with van der Waals surface area (Å²) < 4.78 is 38.4. The maximum Gasteiger partial charge on any atom is 0.416 e. The molecule has 0 N–H and O–H groups in total. The Morgan fingerprint density at radius 3 is 2.08 bits per heavy atom. The van der Waals surface area contributed by atoms with Gasteiger partial charge in [-0.25, -0.2) is 0 Å². The minimum Gasteiger partial charge on any atom is -0.299 e. The number of benzene rings is 2. The van der Waals surface area contributed by atoms with Crippen LogP contribution in [0.5, 0.6) is 0 Å². The fourth-order valence-electron chi connectivity index (χ4n) is 3.25. The van der Waals surface area contributed by atoms with Crippen LogP contribution >= 0.6 is 0 Å². The van der Waals surface area contributed by atoms with Gasteiger partial charge in [-0.1, -0.05) is 55.8 Å². The number of hydrogen-bond donors (Lipinski definition) is 0. The molecule has 26 heavy (non-hydrogen) atoms. The zero-order valence-corrected chi connectivity index (χ0v) is 15.4. The second kappa shape index (κ2) is 8.52. The molecular formula is C22H25F3O. The lowest BCUT2D eigenvalue weighted by Crippen LogP contribution is -2.20. The molecule has 4 heteroatoms. The molecule has 1 nitrogen and oxygen atoms in total. The Hall–Kier alpha value is -2.10. The number of halogens is 3. The smallest absolute Gasteiger partial charge is 0.299 e. The van der Waals surface area contributed by atoms with E-state index in [4.69, 9.17) is 0 Å². The van der Waals surface area contributed by atoms with Crippen molar-refractivity contribution in [2.24, 2.45) is 5.92 Å². The molecule has 0 aromatic heterocycles. The van der Waals surface area contributed by atoms with Crippen molar-refractivity contribution in [3.8, 4) is 0 Å². The average molecular weight is 362 g/mol. The monoisotopic (exact) mass is 362 g/mol. The van der Waals surface area contributed by atoms with E-state index in [1.807, 2.05) is 32.9 Å². The van der Waals surface area contributed by atoms with Crippen molar-refractivity contribution in [3.63, 3.8) is 0 Å². The van der Waals surface area contributed by atoms with Gasteiger partial charge in [-0.05, 0) is 48.9 Å². The Morgan fingerprint density at radius 2 is 1.58 bits per heavy atom. The SMILES string of the molecule is CCC(=O)C(C)[C@H](CCc1ccc(C)cc1)c1ccc(C(F)(F)F)cc1. The largest absolute Gasteiger partial charge is 0.416 e. The minimum atomic E-state index is -4.35. The fourth-order valence-corrected chi connectivity index (χ4v) is 3.25. The molecule has 0 aliphatic carbocycles. The molecule has 0 bridgehead atoms. The molecule has 2 atom stereocenters. The van der Waals surface area contributed by atoms with Crippen molar-refractivity contribution >= 4 is 5.78 Å². The second-order valence-corrected chi connectivity index (χ2v) is 6.86. The first-order chi connectivity index (χ1) is 12.2. The third-order valence-corrected chi connectivity index (χ3v) is 4.99. The van der Waals surface area contributed by atoms with Crippen LogP contribution in [0.3, 0.4) is 0 Å². The summed E-state index contributed by atoms with van der Waals surface area (Å²) in [5.74, 6) is -0.174. The third kappa shape index (κ3) is 5.20. The number of hydrogen-bond acceptors (Lipinski definition) is 1. The molecular weight excluding hydrogens is 337 g/mol. The molecule has 0 saturated heterocycles. The molecule has 2 rings (SSSR count). The first kappa shape index (κ1) is 20.2. The Kier molecular flexibility index (Phi) is 6.63. The zero-order valence-electron chi connectivity index (χ0n) is 15.4. The van der Waals surface area contributed by atoms with E-state index < -0.39 is 11.7 Å². The summed E-state index contributed by atoms with van der Waals surface area (Å²) in [5, 5.41) is 0. The van der Waals surface area contributed by atoms with E-state index in [1.54, 1.807) is 0 Å². The predicted octanol–water partition coefficient (Wildman–Crippen LogP) is 6.35. The Labute approximate surface area is 153 Å². The molecule has 0 aliphatic rings. The first-order valence-corrected chi connectivity index (χ1v) is 8.97. The Balaban J connectivity index is 2.22. The Bertz CT molecular complexity index is 715. The van der Waals surface area contributed by atoms with E-state index in [0.717, 1.165) is 30.5 Å². The van der Waals surface area contributed by atoms with Gasteiger partial charge in [0.15, 0.2) is 0 Å². The molecule has 2 aromatic carbocycles. The van der Waals surface area contributed by atoms with Gasteiger partial charge in [-0.3, -0.25) is 4.79 Å². The van der Waals surface area contributed by atoms with Crippen LogP contribution in [0.1, 0.15) is 54.9 Å². The lowest BCUT2D eigenvalue weighted by Gasteiger charge is -2.24. The highest BCUT2D eigenvalue weighted by atomic mass is 19.4. The van der Waals surface area contributed by atoms with Gasteiger partial charge >= 0.3 is 6.18 Å². The van der Waals surface area contributed by atoms with Gasteiger partial charge in [0.1, 0.15) is 5.78 Å². The molecule has 0 heterocycles. The minimum absolute atomic E-state index is 0.0916. The number of aryl methyl sites for hydroxylation is 2. The molecule has 0 radical (unpaired) electrons. The van der Waals surface area contributed by atoms with Gasteiger partial charge in [-0.2, -0.15) is 13.2 Å².